The Balaban J connectivity index is 1.88. The highest BCUT2D eigenvalue weighted by atomic mass is 79.9. The van der Waals surface area contributed by atoms with Crippen LogP contribution in [0.2, 0.25) is 0 Å². The second-order valence-corrected chi connectivity index (χ2v) is 6.26. The maximum absolute atomic E-state index is 9.80. The Labute approximate surface area is 118 Å². The van der Waals surface area contributed by atoms with Gasteiger partial charge in [-0.1, -0.05) is 35.2 Å². The summed E-state index contributed by atoms with van der Waals surface area (Å²) in [6.45, 7) is 3.01. The van der Waals surface area contributed by atoms with Crippen LogP contribution >= 0.6 is 15.9 Å². The lowest BCUT2D eigenvalue weighted by Gasteiger charge is -2.28. The van der Waals surface area contributed by atoms with E-state index in [-0.39, 0.29) is 0 Å². The van der Waals surface area contributed by atoms with E-state index in [1.165, 1.54) is 32.1 Å². The molecule has 1 aromatic rings. The van der Waals surface area contributed by atoms with Crippen molar-refractivity contribution in [3.8, 4) is 5.75 Å². The lowest BCUT2D eigenvalue weighted by molar-refractivity contribution is 0.280. The molecule has 1 atom stereocenters. The summed E-state index contributed by atoms with van der Waals surface area (Å²) in [6.07, 6.45) is 6.84. The summed E-state index contributed by atoms with van der Waals surface area (Å²) in [7, 11) is 0. The third kappa shape index (κ3) is 3.72. The number of phenolic OH excluding ortho intramolecular Hbond substituents is 1. The van der Waals surface area contributed by atoms with Gasteiger partial charge in [0, 0.05) is 22.6 Å². The van der Waals surface area contributed by atoms with E-state index in [9.17, 15) is 5.11 Å². The summed E-state index contributed by atoms with van der Waals surface area (Å²) in [5, 5.41) is 13.4. The molecule has 1 aromatic carbocycles. The maximum atomic E-state index is 9.80. The van der Waals surface area contributed by atoms with Gasteiger partial charge >= 0.3 is 0 Å². The van der Waals surface area contributed by atoms with Crippen LogP contribution in [0.1, 0.15) is 44.6 Å². The quantitative estimate of drug-likeness (QED) is 0.873. The Morgan fingerprint density at radius 2 is 2.06 bits per heavy atom. The molecule has 0 amide bonds. The number of hydrogen-bond acceptors (Lipinski definition) is 2. The van der Waals surface area contributed by atoms with Crippen molar-refractivity contribution in [3.05, 3.63) is 28.2 Å². The standard InChI is InChI=1S/C15H22BrNO/c1-11(12-5-3-2-4-6-12)17-10-13-9-14(16)7-8-15(13)18/h7-9,11-12,17-18H,2-6,10H2,1H3/t11-/m0/s1. The van der Waals surface area contributed by atoms with E-state index in [2.05, 4.69) is 28.2 Å². The van der Waals surface area contributed by atoms with E-state index in [1.54, 1.807) is 6.07 Å². The summed E-state index contributed by atoms with van der Waals surface area (Å²) < 4.78 is 1.02. The topological polar surface area (TPSA) is 32.3 Å². The molecular weight excluding hydrogens is 290 g/mol. The number of aromatic hydroxyl groups is 1. The fraction of sp³-hybridized carbons (Fsp3) is 0.600. The highest BCUT2D eigenvalue weighted by molar-refractivity contribution is 9.10. The van der Waals surface area contributed by atoms with Crippen LogP contribution in [-0.4, -0.2) is 11.1 Å². The van der Waals surface area contributed by atoms with Gasteiger partial charge in [0.05, 0.1) is 0 Å². The number of hydrogen-bond donors (Lipinski definition) is 2. The normalized spacial score (nSPS) is 18.8. The zero-order valence-electron chi connectivity index (χ0n) is 11.0. The molecule has 2 N–H and O–H groups in total. The van der Waals surface area contributed by atoms with Crippen molar-refractivity contribution in [2.24, 2.45) is 5.92 Å². The Morgan fingerprint density at radius 3 is 2.78 bits per heavy atom. The fourth-order valence-electron chi connectivity index (χ4n) is 2.77. The molecule has 3 heteroatoms. The average Bonchev–Trinajstić information content (AvgIpc) is 2.40. The predicted octanol–water partition coefficient (Wildman–Crippen LogP) is 4.21. The van der Waals surface area contributed by atoms with Crippen LogP contribution in [-0.2, 0) is 6.54 Å². The highest BCUT2D eigenvalue weighted by Crippen LogP contribution is 2.27. The highest BCUT2D eigenvalue weighted by Gasteiger charge is 2.19. The number of halogens is 1. The first-order chi connectivity index (χ1) is 8.66. The molecule has 1 fully saturated rings. The molecule has 2 rings (SSSR count). The SMILES string of the molecule is C[C@H](NCc1cc(Br)ccc1O)C1CCCCC1. The van der Waals surface area contributed by atoms with Crippen LogP contribution in [0.25, 0.3) is 0 Å². The minimum Gasteiger partial charge on any atom is -0.508 e. The Morgan fingerprint density at radius 1 is 1.33 bits per heavy atom. The third-order valence-corrected chi connectivity index (χ3v) is 4.51. The number of nitrogens with one attached hydrogen (secondary N) is 1. The second-order valence-electron chi connectivity index (χ2n) is 5.34. The van der Waals surface area contributed by atoms with Gasteiger partial charge in [0.15, 0.2) is 0 Å². The zero-order valence-corrected chi connectivity index (χ0v) is 12.5. The molecule has 0 saturated heterocycles. The molecule has 0 radical (unpaired) electrons. The van der Waals surface area contributed by atoms with Crippen LogP contribution in [0, 0.1) is 5.92 Å². The molecule has 100 valence electrons. The molecule has 1 saturated carbocycles. The molecule has 1 aliphatic carbocycles. The monoisotopic (exact) mass is 311 g/mol. The fourth-order valence-corrected chi connectivity index (χ4v) is 3.18. The summed E-state index contributed by atoms with van der Waals surface area (Å²) in [5.41, 5.74) is 0.965. The minimum atomic E-state index is 0.376. The molecule has 0 bridgehead atoms. The third-order valence-electron chi connectivity index (χ3n) is 4.01. The van der Waals surface area contributed by atoms with Gasteiger partial charge in [0.1, 0.15) is 5.75 Å². The first kappa shape index (κ1) is 13.9. The van der Waals surface area contributed by atoms with Crippen molar-refractivity contribution in [1.29, 1.82) is 0 Å². The zero-order chi connectivity index (χ0) is 13.0. The van der Waals surface area contributed by atoms with Crippen LogP contribution < -0.4 is 5.32 Å². The van der Waals surface area contributed by atoms with Crippen molar-refractivity contribution in [2.45, 2.75) is 51.6 Å². The predicted molar refractivity (Wildman–Crippen MR) is 78.7 cm³/mol. The van der Waals surface area contributed by atoms with Gasteiger partial charge in [-0.3, -0.25) is 0 Å². The molecule has 0 spiro atoms. The number of rotatable bonds is 4. The average molecular weight is 312 g/mol. The Bertz CT molecular complexity index is 388. The second kappa shape index (κ2) is 6.58. The van der Waals surface area contributed by atoms with E-state index in [4.69, 9.17) is 0 Å². The largest absolute Gasteiger partial charge is 0.508 e. The van der Waals surface area contributed by atoms with Crippen LogP contribution in [0.5, 0.6) is 5.75 Å². The van der Waals surface area contributed by atoms with Gasteiger partial charge in [-0.05, 0) is 43.9 Å². The summed E-state index contributed by atoms with van der Waals surface area (Å²) in [4.78, 5) is 0. The first-order valence-corrected chi connectivity index (χ1v) is 7.67. The van der Waals surface area contributed by atoms with Crippen molar-refractivity contribution in [3.63, 3.8) is 0 Å². The lowest BCUT2D eigenvalue weighted by atomic mass is 9.84. The molecule has 0 heterocycles. The minimum absolute atomic E-state index is 0.376. The molecule has 0 unspecified atom stereocenters. The Hall–Kier alpha value is -0.540. The van der Waals surface area contributed by atoms with Crippen LogP contribution in [0.15, 0.2) is 22.7 Å². The number of benzene rings is 1. The van der Waals surface area contributed by atoms with E-state index >= 15 is 0 Å². The summed E-state index contributed by atoms with van der Waals surface area (Å²) >= 11 is 3.44. The van der Waals surface area contributed by atoms with Crippen molar-refractivity contribution in [2.75, 3.05) is 0 Å². The van der Waals surface area contributed by atoms with Gasteiger partial charge in [0.2, 0.25) is 0 Å². The van der Waals surface area contributed by atoms with Gasteiger partial charge in [-0.15, -0.1) is 0 Å². The molecule has 2 nitrogen and oxygen atoms in total. The first-order valence-electron chi connectivity index (χ1n) is 6.87. The lowest BCUT2D eigenvalue weighted by Crippen LogP contribution is -2.34. The van der Waals surface area contributed by atoms with Gasteiger partial charge < -0.3 is 10.4 Å². The van der Waals surface area contributed by atoms with Crippen molar-refractivity contribution >= 4 is 15.9 Å². The molecule has 0 aliphatic heterocycles. The summed E-state index contributed by atoms with van der Waals surface area (Å²) in [6, 6.07) is 6.12. The maximum Gasteiger partial charge on any atom is 0.120 e. The molecular formula is C15H22BrNO. The van der Waals surface area contributed by atoms with E-state index in [0.29, 0.717) is 11.8 Å². The van der Waals surface area contributed by atoms with E-state index in [1.807, 2.05) is 12.1 Å². The van der Waals surface area contributed by atoms with Crippen LogP contribution in [0.4, 0.5) is 0 Å². The van der Waals surface area contributed by atoms with Crippen molar-refractivity contribution < 1.29 is 5.11 Å². The van der Waals surface area contributed by atoms with Gasteiger partial charge in [0.25, 0.3) is 0 Å². The Kier molecular flexibility index (Phi) is 5.07. The van der Waals surface area contributed by atoms with Crippen molar-refractivity contribution in [1.82, 2.24) is 5.32 Å². The smallest absolute Gasteiger partial charge is 0.120 e. The van der Waals surface area contributed by atoms with Crippen LogP contribution in [0.3, 0.4) is 0 Å². The molecule has 1 aliphatic rings. The molecule has 0 aromatic heterocycles. The molecule has 18 heavy (non-hydrogen) atoms. The summed E-state index contributed by atoms with van der Waals surface area (Å²) in [5.74, 6) is 1.18. The number of phenols is 1. The van der Waals surface area contributed by atoms with E-state index in [0.717, 1.165) is 22.5 Å². The van der Waals surface area contributed by atoms with Gasteiger partial charge in [-0.2, -0.15) is 0 Å². The van der Waals surface area contributed by atoms with E-state index < -0.39 is 0 Å². The van der Waals surface area contributed by atoms with Gasteiger partial charge in [-0.25, -0.2) is 0 Å².